The SMILES string of the molecule is c1ccc(-c2nnc(CSc3nc4ncccn4n3)o2)cc1. The van der Waals surface area contributed by atoms with Crippen LogP contribution >= 0.6 is 11.8 Å². The average molecular weight is 310 g/mol. The second-order valence-electron chi connectivity index (χ2n) is 4.41. The Labute approximate surface area is 129 Å². The third kappa shape index (κ3) is 2.56. The molecule has 0 aliphatic heterocycles. The van der Waals surface area contributed by atoms with Gasteiger partial charge < -0.3 is 4.42 Å². The maximum Gasteiger partial charge on any atom is 0.253 e. The van der Waals surface area contributed by atoms with Crippen molar-refractivity contribution in [3.63, 3.8) is 0 Å². The van der Waals surface area contributed by atoms with Crippen molar-refractivity contribution < 1.29 is 4.42 Å². The summed E-state index contributed by atoms with van der Waals surface area (Å²) < 4.78 is 7.27. The van der Waals surface area contributed by atoms with Crippen LogP contribution in [0.3, 0.4) is 0 Å². The summed E-state index contributed by atoms with van der Waals surface area (Å²) >= 11 is 1.43. The Morgan fingerprint density at radius 2 is 2.00 bits per heavy atom. The molecular weight excluding hydrogens is 300 g/mol. The van der Waals surface area contributed by atoms with E-state index in [0.29, 0.717) is 28.5 Å². The predicted octanol–water partition coefficient (Wildman–Crippen LogP) is 2.47. The van der Waals surface area contributed by atoms with E-state index in [-0.39, 0.29) is 0 Å². The number of thioether (sulfide) groups is 1. The topological polar surface area (TPSA) is 82.0 Å². The molecule has 0 saturated heterocycles. The minimum atomic E-state index is 0.511. The van der Waals surface area contributed by atoms with Crippen molar-refractivity contribution in [2.24, 2.45) is 0 Å². The fourth-order valence-electron chi connectivity index (χ4n) is 1.91. The minimum absolute atomic E-state index is 0.511. The third-order valence-electron chi connectivity index (χ3n) is 2.91. The van der Waals surface area contributed by atoms with Gasteiger partial charge in [0, 0.05) is 18.0 Å². The van der Waals surface area contributed by atoms with Crippen LogP contribution in [0.1, 0.15) is 5.89 Å². The van der Waals surface area contributed by atoms with Gasteiger partial charge in [0.25, 0.3) is 5.78 Å². The Hall–Kier alpha value is -2.74. The van der Waals surface area contributed by atoms with Crippen molar-refractivity contribution in [3.05, 3.63) is 54.7 Å². The van der Waals surface area contributed by atoms with Crippen molar-refractivity contribution in [3.8, 4) is 11.5 Å². The summed E-state index contributed by atoms with van der Waals surface area (Å²) in [6, 6.07) is 11.5. The van der Waals surface area contributed by atoms with E-state index in [1.54, 1.807) is 23.0 Å². The van der Waals surface area contributed by atoms with Gasteiger partial charge in [-0.25, -0.2) is 9.50 Å². The zero-order valence-electron chi connectivity index (χ0n) is 11.3. The molecule has 0 radical (unpaired) electrons. The number of benzene rings is 1. The smallest absolute Gasteiger partial charge is 0.253 e. The van der Waals surface area contributed by atoms with E-state index in [9.17, 15) is 0 Å². The number of aromatic nitrogens is 6. The van der Waals surface area contributed by atoms with Gasteiger partial charge in [-0.3, -0.25) is 0 Å². The molecule has 4 aromatic rings. The molecule has 4 rings (SSSR count). The normalized spacial score (nSPS) is 11.1. The first-order valence-electron chi connectivity index (χ1n) is 6.56. The van der Waals surface area contributed by atoms with Crippen LogP contribution in [0.25, 0.3) is 17.2 Å². The van der Waals surface area contributed by atoms with Crippen LogP contribution in [0.2, 0.25) is 0 Å². The first kappa shape index (κ1) is 13.0. The molecule has 8 heteroatoms. The molecule has 7 nitrogen and oxygen atoms in total. The van der Waals surface area contributed by atoms with Crippen LogP contribution < -0.4 is 0 Å². The van der Waals surface area contributed by atoms with Crippen molar-refractivity contribution >= 4 is 17.5 Å². The van der Waals surface area contributed by atoms with Crippen LogP contribution in [0.4, 0.5) is 0 Å². The molecule has 0 spiro atoms. The summed E-state index contributed by atoms with van der Waals surface area (Å²) in [6.07, 6.45) is 3.49. The van der Waals surface area contributed by atoms with Crippen molar-refractivity contribution in [2.45, 2.75) is 10.9 Å². The number of nitrogens with zero attached hydrogens (tertiary/aromatic N) is 6. The number of hydrogen-bond acceptors (Lipinski definition) is 7. The third-order valence-corrected chi connectivity index (χ3v) is 3.73. The van der Waals surface area contributed by atoms with E-state index >= 15 is 0 Å². The summed E-state index contributed by atoms with van der Waals surface area (Å²) in [5.74, 6) is 2.13. The molecule has 0 atom stereocenters. The predicted molar refractivity (Wildman–Crippen MR) is 80.1 cm³/mol. The lowest BCUT2D eigenvalue weighted by Crippen LogP contribution is -1.87. The average Bonchev–Trinajstić information content (AvgIpc) is 3.20. The molecule has 0 amide bonds. The maximum absolute atomic E-state index is 5.64. The summed E-state index contributed by atoms with van der Waals surface area (Å²) in [5, 5.41) is 13.0. The molecule has 0 aliphatic rings. The fourth-order valence-corrected chi connectivity index (χ4v) is 2.57. The van der Waals surface area contributed by atoms with Crippen LogP contribution in [0.15, 0.2) is 58.4 Å². The van der Waals surface area contributed by atoms with Gasteiger partial charge in [-0.15, -0.1) is 15.3 Å². The molecular formula is C14H10N6OS. The van der Waals surface area contributed by atoms with E-state index in [4.69, 9.17) is 4.42 Å². The first-order valence-corrected chi connectivity index (χ1v) is 7.55. The highest BCUT2D eigenvalue weighted by Crippen LogP contribution is 2.22. The summed E-state index contributed by atoms with van der Waals surface area (Å²) in [5.41, 5.74) is 0.904. The molecule has 3 aromatic heterocycles. The van der Waals surface area contributed by atoms with Gasteiger partial charge in [0.2, 0.25) is 16.9 Å². The van der Waals surface area contributed by atoms with Gasteiger partial charge in [-0.2, -0.15) is 4.98 Å². The van der Waals surface area contributed by atoms with Gasteiger partial charge in [-0.05, 0) is 18.2 Å². The Bertz CT molecular complexity index is 871. The van der Waals surface area contributed by atoms with Crippen molar-refractivity contribution in [2.75, 3.05) is 0 Å². The minimum Gasteiger partial charge on any atom is -0.420 e. The van der Waals surface area contributed by atoms with E-state index in [2.05, 4.69) is 25.3 Å². The molecule has 0 fully saturated rings. The lowest BCUT2D eigenvalue weighted by Gasteiger charge is -1.92. The Balaban J connectivity index is 1.49. The van der Waals surface area contributed by atoms with Crippen molar-refractivity contribution in [1.29, 1.82) is 0 Å². The molecule has 0 saturated carbocycles. The zero-order valence-corrected chi connectivity index (χ0v) is 12.1. The van der Waals surface area contributed by atoms with Crippen LogP contribution in [-0.2, 0) is 5.75 Å². The lowest BCUT2D eigenvalue weighted by atomic mass is 10.2. The van der Waals surface area contributed by atoms with Gasteiger partial charge in [0.15, 0.2) is 0 Å². The van der Waals surface area contributed by atoms with Crippen LogP contribution in [0.5, 0.6) is 0 Å². The molecule has 0 aliphatic carbocycles. The van der Waals surface area contributed by atoms with E-state index in [1.807, 2.05) is 30.3 Å². The van der Waals surface area contributed by atoms with E-state index < -0.39 is 0 Å². The number of fused-ring (bicyclic) bond motifs is 1. The van der Waals surface area contributed by atoms with Crippen molar-refractivity contribution in [1.82, 2.24) is 29.8 Å². The highest BCUT2D eigenvalue weighted by molar-refractivity contribution is 7.98. The number of rotatable bonds is 4. The summed E-state index contributed by atoms with van der Waals surface area (Å²) in [7, 11) is 0. The van der Waals surface area contributed by atoms with Gasteiger partial charge in [0.1, 0.15) is 0 Å². The maximum atomic E-state index is 5.64. The zero-order chi connectivity index (χ0) is 14.8. The molecule has 1 aromatic carbocycles. The number of hydrogen-bond donors (Lipinski definition) is 0. The Morgan fingerprint density at radius 1 is 1.09 bits per heavy atom. The molecule has 0 bridgehead atoms. The van der Waals surface area contributed by atoms with E-state index in [1.165, 1.54) is 11.8 Å². The molecule has 0 N–H and O–H groups in total. The molecule has 108 valence electrons. The lowest BCUT2D eigenvalue weighted by molar-refractivity contribution is 0.528. The second kappa shape index (κ2) is 5.57. The highest BCUT2D eigenvalue weighted by Gasteiger charge is 2.10. The van der Waals surface area contributed by atoms with E-state index in [0.717, 1.165) is 5.56 Å². The molecule has 22 heavy (non-hydrogen) atoms. The Kier molecular flexibility index (Phi) is 3.28. The Morgan fingerprint density at radius 3 is 2.86 bits per heavy atom. The summed E-state index contributed by atoms with van der Waals surface area (Å²) in [6.45, 7) is 0. The fraction of sp³-hybridized carbons (Fsp3) is 0.0714. The quantitative estimate of drug-likeness (QED) is 0.535. The van der Waals surface area contributed by atoms with Crippen LogP contribution in [0, 0.1) is 0 Å². The molecule has 3 heterocycles. The van der Waals surface area contributed by atoms with Gasteiger partial charge in [-0.1, -0.05) is 30.0 Å². The standard InChI is InChI=1S/C14H10N6OS/c1-2-5-10(6-3-1)12-18-17-11(21-12)9-22-14-16-13-15-7-4-8-20(13)19-14/h1-8H,9H2. The first-order chi connectivity index (χ1) is 10.9. The highest BCUT2D eigenvalue weighted by atomic mass is 32.2. The van der Waals surface area contributed by atoms with Crippen LogP contribution in [-0.4, -0.2) is 29.8 Å². The van der Waals surface area contributed by atoms with Gasteiger partial charge in [0.05, 0.1) is 5.75 Å². The van der Waals surface area contributed by atoms with Gasteiger partial charge >= 0.3 is 0 Å². The summed E-state index contributed by atoms with van der Waals surface area (Å²) in [4.78, 5) is 8.43. The monoisotopic (exact) mass is 310 g/mol. The second-order valence-corrected chi connectivity index (χ2v) is 5.36. The largest absolute Gasteiger partial charge is 0.420 e. The molecule has 0 unspecified atom stereocenters.